The molecule has 2 aromatic carbocycles. The van der Waals surface area contributed by atoms with Gasteiger partial charge in [-0.2, -0.15) is 0 Å². The molecule has 5 fully saturated rings. The number of benzene rings is 2. The van der Waals surface area contributed by atoms with Gasteiger partial charge in [-0.25, -0.2) is 22.7 Å². The van der Waals surface area contributed by atoms with E-state index in [2.05, 4.69) is 62.4 Å². The lowest BCUT2D eigenvalue weighted by molar-refractivity contribution is -0.199. The van der Waals surface area contributed by atoms with Gasteiger partial charge in [-0.3, -0.25) is 38.6 Å². The van der Waals surface area contributed by atoms with E-state index >= 15 is 0 Å². The van der Waals surface area contributed by atoms with Gasteiger partial charge in [0.15, 0.2) is 0 Å². The molecule has 0 spiro atoms. The maximum atomic E-state index is 14.1. The predicted octanol–water partition coefficient (Wildman–Crippen LogP) is 5.92. The molecule has 3 heterocycles. The van der Waals surface area contributed by atoms with Crippen LogP contribution in [0.2, 0.25) is 0 Å². The summed E-state index contributed by atoms with van der Waals surface area (Å²) in [6.07, 6.45) is 5.12. The standard InChI is InChI=1S/C71H110BN11O16S/c1-42-43(2)60(44(3)59-49(42)39-69(11,12)95-59)100(93,94)81-65(73)74-34-21-24-50(79-57(86)32-31-56(85)77-41-58(87)80-51(64(91)96-67(5,6)7)23-17-19-33-75-66(92)97-68(8,9)10)63(90)82(16)35-20-18-26-55(84)76-40-46-27-29-47(30-28-46)61(88)78-45(4)62(89)83-36-22-25-54(83)72-98-53-38-48-37-52(70(48,13)14)71(53,15)99-72/h27-30,45,48,50-54H,17-26,31-41H2,1-16H3,(H,75,92)(H,76,84)(H,77,85)(H,78,88)(H,79,86)(H,80,87)(H3,73,74,81)/t45-,48+,50+,51+,52+,53?,54+,71+/m1/s1. The molecule has 3 aliphatic heterocycles. The number of fused-ring (bicyclic) bond motifs is 1. The Morgan fingerprint density at radius 3 is 2.09 bits per heavy atom. The number of esters is 1. The number of rotatable bonds is 31. The van der Waals surface area contributed by atoms with Gasteiger partial charge in [0, 0.05) is 82.1 Å². The monoisotopic (exact) mass is 1420 g/mol. The predicted molar refractivity (Wildman–Crippen MR) is 377 cm³/mol. The van der Waals surface area contributed by atoms with Gasteiger partial charge in [0.25, 0.3) is 15.9 Å². The van der Waals surface area contributed by atoms with Crippen LogP contribution >= 0.6 is 0 Å². The van der Waals surface area contributed by atoms with Crippen molar-refractivity contribution in [1.29, 1.82) is 0 Å². The number of ether oxygens (including phenoxy) is 3. The van der Waals surface area contributed by atoms with Crippen LogP contribution in [0.15, 0.2) is 34.2 Å². The average molecular weight is 1420 g/mol. The van der Waals surface area contributed by atoms with Crippen LogP contribution in [-0.2, 0) is 75.3 Å². The molecule has 1 unspecified atom stereocenters. The number of hydrogen-bond acceptors (Lipinski definition) is 17. The fourth-order valence-corrected chi connectivity index (χ4v) is 15.8. The van der Waals surface area contributed by atoms with E-state index in [1.165, 1.54) is 4.90 Å². The van der Waals surface area contributed by atoms with Crippen LogP contribution in [0.3, 0.4) is 0 Å². The number of nitrogens with one attached hydrogen (secondary N) is 7. The van der Waals surface area contributed by atoms with Crippen molar-refractivity contribution in [2.75, 3.05) is 39.8 Å². The van der Waals surface area contributed by atoms with Crippen LogP contribution in [0.5, 0.6) is 5.75 Å². The van der Waals surface area contributed by atoms with E-state index in [0.717, 1.165) is 42.4 Å². The fraction of sp³-hybridized carbons (Fsp3) is 0.690. The zero-order valence-electron chi connectivity index (χ0n) is 61.6. The van der Waals surface area contributed by atoms with Gasteiger partial charge < -0.3 is 71.0 Å². The smallest absolute Gasteiger partial charge is 0.481 e. The number of amides is 8. The number of likely N-dealkylation sites (tertiary alicyclic amines) is 1. The Hall–Kier alpha value is -7.53. The van der Waals surface area contributed by atoms with Gasteiger partial charge in [0.2, 0.25) is 41.4 Å². The summed E-state index contributed by atoms with van der Waals surface area (Å²) in [6.45, 7) is 28.5. The lowest BCUT2D eigenvalue weighted by atomic mass is 9.43. The molecule has 29 heteroatoms. The van der Waals surface area contributed by atoms with Crippen molar-refractivity contribution in [1.82, 2.24) is 46.4 Å². The van der Waals surface area contributed by atoms with Crippen molar-refractivity contribution >= 4 is 76.5 Å². The van der Waals surface area contributed by atoms with Crippen LogP contribution in [-0.4, -0.2) is 177 Å². The number of carbonyl (C=O) groups is 9. The van der Waals surface area contributed by atoms with E-state index in [9.17, 15) is 51.6 Å². The highest BCUT2D eigenvalue weighted by molar-refractivity contribution is 7.90. The minimum atomic E-state index is -4.24. The average Bonchev–Trinajstić information content (AvgIpc) is 1.40. The van der Waals surface area contributed by atoms with Gasteiger partial charge in [0.1, 0.15) is 40.7 Å². The zero-order valence-corrected chi connectivity index (χ0v) is 62.5. The van der Waals surface area contributed by atoms with Crippen molar-refractivity contribution in [2.45, 2.75) is 264 Å². The van der Waals surface area contributed by atoms with E-state index in [1.54, 1.807) is 98.5 Å². The normalized spacial score (nSPS) is 21.3. The molecule has 8 rings (SSSR count). The third-order valence-corrected chi connectivity index (χ3v) is 21.4. The topological polar surface area (TPSA) is 363 Å². The molecule has 9 N–H and O–H groups in total. The van der Waals surface area contributed by atoms with Gasteiger partial charge in [-0.1, -0.05) is 26.0 Å². The molecule has 2 bridgehead atoms. The summed E-state index contributed by atoms with van der Waals surface area (Å²) >= 11 is 0. The molecule has 27 nitrogen and oxygen atoms in total. The molecular weight excluding hydrogens is 1310 g/mol. The zero-order chi connectivity index (χ0) is 74.0. The molecule has 3 aliphatic carbocycles. The molecule has 554 valence electrons. The van der Waals surface area contributed by atoms with E-state index < -0.39 is 106 Å². The molecule has 100 heavy (non-hydrogen) atoms. The number of nitrogens with two attached hydrogens (primary N) is 1. The minimum absolute atomic E-state index is 0.00290. The summed E-state index contributed by atoms with van der Waals surface area (Å²) in [5.74, 6) is -3.10. The summed E-state index contributed by atoms with van der Waals surface area (Å²) in [5.41, 5.74) is 7.78. The summed E-state index contributed by atoms with van der Waals surface area (Å²) in [6, 6.07) is 3.76. The van der Waals surface area contributed by atoms with Crippen LogP contribution in [0.4, 0.5) is 4.79 Å². The number of hydrogen-bond donors (Lipinski definition) is 8. The Balaban J connectivity index is 0.872. The summed E-state index contributed by atoms with van der Waals surface area (Å²) in [4.78, 5) is 127. The Labute approximate surface area is 590 Å². The van der Waals surface area contributed by atoms with Crippen molar-refractivity contribution in [3.8, 4) is 5.75 Å². The largest absolute Gasteiger partial charge is 0.487 e. The van der Waals surface area contributed by atoms with Crippen LogP contribution < -0.4 is 47.1 Å². The van der Waals surface area contributed by atoms with Crippen LogP contribution in [0, 0.1) is 38.0 Å². The number of alkyl carbamates (subject to hydrolysis) is 1. The van der Waals surface area contributed by atoms with Gasteiger partial charge >= 0.3 is 19.2 Å². The molecule has 8 amide bonds. The van der Waals surface area contributed by atoms with E-state index in [4.69, 9.17) is 29.3 Å². The van der Waals surface area contributed by atoms with Crippen molar-refractivity contribution in [2.24, 2.45) is 28.0 Å². The minimum Gasteiger partial charge on any atom is -0.487 e. The van der Waals surface area contributed by atoms with Crippen molar-refractivity contribution in [3.63, 3.8) is 0 Å². The number of nitrogens with zero attached hydrogens (tertiary/aromatic N) is 3. The van der Waals surface area contributed by atoms with E-state index in [1.807, 2.05) is 20.8 Å². The highest BCUT2D eigenvalue weighted by Gasteiger charge is 2.69. The lowest BCUT2D eigenvalue weighted by Gasteiger charge is -2.64. The van der Waals surface area contributed by atoms with Gasteiger partial charge in [-0.15, -0.1) is 0 Å². The Bertz CT molecular complexity index is 3500. The Morgan fingerprint density at radius 1 is 0.770 bits per heavy atom. The summed E-state index contributed by atoms with van der Waals surface area (Å²) in [7, 11) is -3.20. The number of likely N-dealkylation sites (N-methyl/N-ethyl adjacent to an activating group) is 1. The maximum absolute atomic E-state index is 14.1. The summed E-state index contributed by atoms with van der Waals surface area (Å²) < 4.78 is 60.4. The van der Waals surface area contributed by atoms with Crippen molar-refractivity contribution in [3.05, 3.63) is 57.6 Å². The number of aliphatic imine (C=N–C) groups is 1. The third-order valence-electron chi connectivity index (χ3n) is 19.8. The maximum Gasteiger partial charge on any atom is 0.481 e. The molecular formula is C71H110BN11O16S. The molecule has 6 aliphatic rings. The molecule has 2 saturated heterocycles. The Morgan fingerprint density at radius 2 is 1.42 bits per heavy atom. The van der Waals surface area contributed by atoms with Crippen LogP contribution in [0.1, 0.15) is 211 Å². The number of guanidine groups is 1. The number of unbranched alkanes of at least 4 members (excludes halogenated alkanes) is 2. The molecule has 8 atom stereocenters. The quantitative estimate of drug-likeness (QED) is 0.0143. The van der Waals surface area contributed by atoms with Gasteiger partial charge in [0.05, 0.1) is 29.1 Å². The van der Waals surface area contributed by atoms with Gasteiger partial charge in [-0.05, 0) is 207 Å². The highest BCUT2D eigenvalue weighted by atomic mass is 32.2. The first-order valence-electron chi connectivity index (χ1n) is 35.3. The second-order valence-corrected chi connectivity index (χ2v) is 32.6. The van der Waals surface area contributed by atoms with Crippen molar-refractivity contribution < 1.29 is 75.1 Å². The highest BCUT2D eigenvalue weighted by Crippen LogP contribution is 2.66. The number of sulfonamides is 1. The molecule has 0 aromatic heterocycles. The molecule has 2 aromatic rings. The van der Waals surface area contributed by atoms with E-state index in [-0.39, 0.29) is 104 Å². The number of carbonyl (C=O) groups excluding carboxylic acids is 9. The second-order valence-electron chi connectivity index (χ2n) is 31.0. The molecule has 3 saturated carbocycles. The first-order valence-corrected chi connectivity index (χ1v) is 36.8. The second kappa shape index (κ2) is 33.1. The van der Waals surface area contributed by atoms with Crippen LogP contribution in [0.25, 0.3) is 0 Å². The third kappa shape index (κ3) is 21.1. The SMILES string of the molecule is Cc1c(C)c(S(=O)(=O)NC(N)=NCCC[C@H](NC(=O)CCC(=O)NCC(=O)N[C@@H](CCCCNC(=O)OC(C)(C)C)C(=O)OC(C)(C)C)C(=O)N(C)CCCCC(=O)NCc2ccc(C(=O)N[C@H](C)C(=O)N3CCC[C@H]3B3OC4C[C@@H]5C[C@@H](C5(C)C)[C@]4(C)O3)cc2)c(C)c2c1CC(C)(C)O2. The van der Waals surface area contributed by atoms with E-state index in [0.29, 0.717) is 72.9 Å². The first-order chi connectivity index (χ1) is 46.6. The Kier molecular flexibility index (Phi) is 26.4. The summed E-state index contributed by atoms with van der Waals surface area (Å²) in [5, 5.41) is 16.2. The lowest BCUT2D eigenvalue weighted by Crippen LogP contribution is -2.65. The molecule has 0 radical (unpaired) electrons. The first kappa shape index (κ1) is 79.8. The fourth-order valence-electron chi connectivity index (χ4n) is 14.3.